The number of hydrogen-bond acceptors (Lipinski definition) is 1. The van der Waals surface area contributed by atoms with Crippen molar-refractivity contribution in [3.05, 3.63) is 0 Å². The fourth-order valence-corrected chi connectivity index (χ4v) is 2.54. The molecule has 2 atom stereocenters. The highest BCUT2D eigenvalue weighted by molar-refractivity contribution is 4.98. The van der Waals surface area contributed by atoms with E-state index in [9.17, 15) is 0 Å². The van der Waals surface area contributed by atoms with Crippen LogP contribution >= 0.6 is 0 Å². The van der Waals surface area contributed by atoms with Crippen LogP contribution in [0.1, 0.15) is 38.5 Å². The molecule has 62 valence electrons. The van der Waals surface area contributed by atoms with Crippen LogP contribution in [0.2, 0.25) is 0 Å². The lowest BCUT2D eigenvalue weighted by Crippen LogP contribution is -2.31. The molecular weight excluding hydrogens is 134 g/mol. The zero-order chi connectivity index (χ0) is 7.26. The summed E-state index contributed by atoms with van der Waals surface area (Å²) in [7, 11) is 0. The van der Waals surface area contributed by atoms with Gasteiger partial charge in [0.15, 0.2) is 0 Å². The van der Waals surface area contributed by atoms with Crippen molar-refractivity contribution in [3.8, 4) is 0 Å². The summed E-state index contributed by atoms with van der Waals surface area (Å²) < 4.78 is 0. The summed E-state index contributed by atoms with van der Waals surface area (Å²) in [4.78, 5) is 0. The molecule has 0 amide bonds. The molecule has 0 aromatic rings. The first-order chi connectivity index (χ1) is 5.43. The van der Waals surface area contributed by atoms with Crippen LogP contribution in [0.5, 0.6) is 0 Å². The van der Waals surface area contributed by atoms with Gasteiger partial charge in [-0.05, 0) is 50.4 Å². The molecule has 2 saturated carbocycles. The molecule has 0 radical (unpaired) electrons. The van der Waals surface area contributed by atoms with E-state index < -0.39 is 0 Å². The Kier molecular flexibility index (Phi) is 1.31. The van der Waals surface area contributed by atoms with Crippen molar-refractivity contribution in [3.63, 3.8) is 0 Å². The van der Waals surface area contributed by atoms with E-state index in [4.69, 9.17) is 0 Å². The predicted molar refractivity (Wildman–Crippen MR) is 45.4 cm³/mol. The van der Waals surface area contributed by atoms with Crippen LogP contribution in [0, 0.1) is 11.8 Å². The number of hydrogen-bond donors (Lipinski definition) is 1. The Bertz CT molecular complexity index is 140. The first kappa shape index (κ1) is 6.47. The fourth-order valence-electron chi connectivity index (χ4n) is 2.54. The Hall–Kier alpha value is -0.0400. The molecule has 1 heteroatoms. The monoisotopic (exact) mass is 151 g/mol. The normalized spacial score (nSPS) is 44.7. The van der Waals surface area contributed by atoms with E-state index in [0.717, 1.165) is 23.9 Å². The molecule has 1 nitrogen and oxygen atoms in total. The summed E-state index contributed by atoms with van der Waals surface area (Å²) in [5, 5.41) is 3.81. The fraction of sp³-hybridized carbons (Fsp3) is 1.00. The van der Waals surface area contributed by atoms with E-state index in [1.54, 1.807) is 0 Å². The first-order valence-corrected chi connectivity index (χ1v) is 5.19. The third-order valence-corrected chi connectivity index (χ3v) is 3.60. The minimum Gasteiger partial charge on any atom is -0.311 e. The number of rotatable bonds is 2. The van der Waals surface area contributed by atoms with Gasteiger partial charge in [0.05, 0.1) is 0 Å². The summed E-state index contributed by atoms with van der Waals surface area (Å²) in [6.45, 7) is 0. The average molecular weight is 151 g/mol. The van der Waals surface area contributed by atoms with E-state index in [0.29, 0.717) is 0 Å². The molecule has 2 aliphatic carbocycles. The van der Waals surface area contributed by atoms with Gasteiger partial charge in [-0.25, -0.2) is 0 Å². The maximum Gasteiger partial charge on any atom is 0.00986 e. The highest BCUT2D eigenvalue weighted by Gasteiger charge is 2.41. The predicted octanol–water partition coefficient (Wildman–Crippen LogP) is 1.93. The van der Waals surface area contributed by atoms with Gasteiger partial charge in [-0.2, -0.15) is 0 Å². The van der Waals surface area contributed by atoms with Crippen LogP contribution in [-0.4, -0.2) is 12.1 Å². The Morgan fingerprint density at radius 1 is 0.636 bits per heavy atom. The zero-order valence-corrected chi connectivity index (χ0v) is 7.05. The van der Waals surface area contributed by atoms with Gasteiger partial charge in [0, 0.05) is 12.1 Å². The Morgan fingerprint density at radius 3 is 1.45 bits per heavy atom. The lowest BCUT2D eigenvalue weighted by atomic mass is 10.1. The van der Waals surface area contributed by atoms with Crippen LogP contribution in [0.25, 0.3) is 0 Å². The highest BCUT2D eigenvalue weighted by Crippen LogP contribution is 2.42. The topological polar surface area (TPSA) is 12.0 Å². The molecule has 11 heavy (non-hydrogen) atoms. The average Bonchev–Trinajstić information content (AvgIpc) is 2.90. The Labute approximate surface area is 68.6 Å². The van der Waals surface area contributed by atoms with Crippen molar-refractivity contribution in [1.29, 1.82) is 0 Å². The van der Waals surface area contributed by atoms with Crippen LogP contribution in [0.4, 0.5) is 0 Å². The third-order valence-electron chi connectivity index (χ3n) is 3.60. The second kappa shape index (κ2) is 2.22. The van der Waals surface area contributed by atoms with E-state index in [2.05, 4.69) is 5.32 Å². The van der Waals surface area contributed by atoms with Crippen molar-refractivity contribution < 1.29 is 0 Å². The molecule has 0 unspecified atom stereocenters. The lowest BCUT2D eigenvalue weighted by Gasteiger charge is -2.12. The standard InChI is InChI=1S/C10H17N/c1-2-7(1)9-5-6-10(11-9)8-3-4-8/h7-11H,1-6H2/t9-,10+. The third kappa shape index (κ3) is 1.20. The minimum atomic E-state index is 0.931. The van der Waals surface area contributed by atoms with Gasteiger partial charge in [-0.3, -0.25) is 0 Å². The minimum absolute atomic E-state index is 0.931. The van der Waals surface area contributed by atoms with E-state index >= 15 is 0 Å². The van der Waals surface area contributed by atoms with E-state index in [1.807, 2.05) is 0 Å². The second-order valence-electron chi connectivity index (χ2n) is 4.63. The summed E-state index contributed by atoms with van der Waals surface area (Å²) in [5.41, 5.74) is 0. The van der Waals surface area contributed by atoms with Crippen molar-refractivity contribution in [2.24, 2.45) is 11.8 Å². The van der Waals surface area contributed by atoms with Crippen molar-refractivity contribution in [2.45, 2.75) is 50.6 Å². The largest absolute Gasteiger partial charge is 0.311 e. The molecule has 0 spiro atoms. The maximum atomic E-state index is 3.81. The van der Waals surface area contributed by atoms with Crippen molar-refractivity contribution in [2.75, 3.05) is 0 Å². The molecule has 0 bridgehead atoms. The highest BCUT2D eigenvalue weighted by atomic mass is 15.0. The van der Waals surface area contributed by atoms with Crippen LogP contribution < -0.4 is 5.32 Å². The summed E-state index contributed by atoms with van der Waals surface area (Å²) in [5.74, 6) is 2.16. The molecule has 3 rings (SSSR count). The number of nitrogens with one attached hydrogen (secondary N) is 1. The molecule has 1 N–H and O–H groups in total. The van der Waals surface area contributed by atoms with E-state index in [1.165, 1.54) is 38.5 Å². The van der Waals surface area contributed by atoms with Crippen LogP contribution in [0.15, 0.2) is 0 Å². The summed E-state index contributed by atoms with van der Waals surface area (Å²) >= 11 is 0. The summed E-state index contributed by atoms with van der Waals surface area (Å²) in [6, 6.07) is 1.86. The second-order valence-corrected chi connectivity index (χ2v) is 4.63. The molecule has 0 aromatic carbocycles. The molecule has 0 aromatic heterocycles. The summed E-state index contributed by atoms with van der Waals surface area (Å²) in [6.07, 6.45) is 8.99. The Balaban J connectivity index is 1.58. The SMILES string of the molecule is C1CC1[C@@H]1CC[C@H](C2CC2)N1. The van der Waals surface area contributed by atoms with Gasteiger partial charge in [-0.1, -0.05) is 0 Å². The molecule has 3 aliphatic rings. The van der Waals surface area contributed by atoms with Gasteiger partial charge >= 0.3 is 0 Å². The van der Waals surface area contributed by atoms with Crippen LogP contribution in [-0.2, 0) is 0 Å². The maximum absolute atomic E-state index is 3.81. The van der Waals surface area contributed by atoms with Gasteiger partial charge < -0.3 is 5.32 Å². The first-order valence-electron chi connectivity index (χ1n) is 5.19. The Morgan fingerprint density at radius 2 is 1.09 bits per heavy atom. The van der Waals surface area contributed by atoms with Crippen molar-refractivity contribution >= 4 is 0 Å². The van der Waals surface area contributed by atoms with Crippen LogP contribution in [0.3, 0.4) is 0 Å². The van der Waals surface area contributed by atoms with E-state index in [-0.39, 0.29) is 0 Å². The lowest BCUT2D eigenvalue weighted by molar-refractivity contribution is 0.467. The molecular formula is C10H17N. The molecule has 1 saturated heterocycles. The molecule has 3 fully saturated rings. The van der Waals surface area contributed by atoms with Gasteiger partial charge in [0.1, 0.15) is 0 Å². The quantitative estimate of drug-likeness (QED) is 0.636. The van der Waals surface area contributed by atoms with Gasteiger partial charge in [0.2, 0.25) is 0 Å². The molecule has 1 heterocycles. The van der Waals surface area contributed by atoms with Crippen molar-refractivity contribution in [1.82, 2.24) is 5.32 Å². The van der Waals surface area contributed by atoms with Gasteiger partial charge in [0.25, 0.3) is 0 Å². The molecule has 1 aliphatic heterocycles. The smallest absolute Gasteiger partial charge is 0.00986 e. The van der Waals surface area contributed by atoms with Gasteiger partial charge in [-0.15, -0.1) is 0 Å². The zero-order valence-electron chi connectivity index (χ0n) is 7.05.